The largest absolute Gasteiger partial charge is 0.338 e. The molecule has 0 radical (unpaired) electrons. The highest BCUT2D eigenvalue weighted by atomic mass is 15.4. The van der Waals surface area contributed by atoms with Crippen LogP contribution in [0.15, 0.2) is 48.8 Å². The first-order chi connectivity index (χ1) is 12.6. The molecule has 26 heavy (non-hydrogen) atoms. The second-order valence-corrected chi connectivity index (χ2v) is 6.63. The molecule has 2 heterocycles. The average Bonchev–Trinajstić information content (AvgIpc) is 3.20. The summed E-state index contributed by atoms with van der Waals surface area (Å²) in [5, 5.41) is 7.57. The van der Waals surface area contributed by atoms with Gasteiger partial charge < -0.3 is 15.2 Å². The fraction of sp³-hybridized carbons (Fsp3) is 0.211. The van der Waals surface area contributed by atoms with Crippen LogP contribution in [0.25, 0.3) is 22.4 Å². The molecule has 4 rings (SSSR count). The van der Waals surface area contributed by atoms with E-state index in [-0.39, 0.29) is 0 Å². The van der Waals surface area contributed by atoms with Gasteiger partial charge in [-0.15, -0.1) is 5.10 Å². The van der Waals surface area contributed by atoms with Gasteiger partial charge in [-0.1, -0.05) is 12.1 Å². The standard InChI is InChI=1S/C19H21N7/c1-25(2)11-13-8-14(18-22-16-6-4-5-7-17(16)23-18)10-15(9-13)21-19-20-12-26(3)24-19/h4-10,12H,11H2,1-3H3,(H,21,24)(H,22,23). The van der Waals surface area contributed by atoms with Crippen LogP contribution in [0.2, 0.25) is 0 Å². The van der Waals surface area contributed by atoms with E-state index in [1.165, 1.54) is 5.56 Å². The summed E-state index contributed by atoms with van der Waals surface area (Å²) in [6.45, 7) is 0.832. The molecule has 2 aromatic heterocycles. The Kier molecular flexibility index (Phi) is 4.14. The van der Waals surface area contributed by atoms with Crippen LogP contribution in [0.1, 0.15) is 5.56 Å². The fourth-order valence-electron chi connectivity index (χ4n) is 2.97. The smallest absolute Gasteiger partial charge is 0.246 e. The number of nitrogens with one attached hydrogen (secondary N) is 2. The van der Waals surface area contributed by atoms with E-state index in [0.717, 1.165) is 34.7 Å². The maximum Gasteiger partial charge on any atom is 0.246 e. The first-order valence-electron chi connectivity index (χ1n) is 8.43. The van der Waals surface area contributed by atoms with Crippen molar-refractivity contribution in [2.75, 3.05) is 19.4 Å². The van der Waals surface area contributed by atoms with Gasteiger partial charge in [0.1, 0.15) is 12.2 Å². The molecular formula is C19H21N7. The third-order valence-electron chi connectivity index (χ3n) is 4.01. The van der Waals surface area contributed by atoms with Gasteiger partial charge >= 0.3 is 0 Å². The molecule has 0 unspecified atom stereocenters. The SMILES string of the molecule is CN(C)Cc1cc(Nc2ncn(C)n2)cc(-c2nc3ccccc3[nH]2)c1. The second-order valence-electron chi connectivity index (χ2n) is 6.63. The zero-order chi connectivity index (χ0) is 18.1. The summed E-state index contributed by atoms with van der Waals surface area (Å²) in [6.07, 6.45) is 1.67. The number of aromatic nitrogens is 5. The van der Waals surface area contributed by atoms with E-state index in [0.29, 0.717) is 5.95 Å². The van der Waals surface area contributed by atoms with E-state index < -0.39 is 0 Å². The number of nitrogens with zero attached hydrogens (tertiary/aromatic N) is 5. The molecule has 0 atom stereocenters. The van der Waals surface area contributed by atoms with E-state index in [9.17, 15) is 0 Å². The van der Waals surface area contributed by atoms with Gasteiger partial charge in [0.25, 0.3) is 0 Å². The Morgan fingerprint density at radius 2 is 2.00 bits per heavy atom. The number of hydrogen-bond acceptors (Lipinski definition) is 5. The quantitative estimate of drug-likeness (QED) is 0.580. The number of fused-ring (bicyclic) bond motifs is 1. The van der Waals surface area contributed by atoms with Crippen LogP contribution >= 0.6 is 0 Å². The van der Waals surface area contributed by atoms with Gasteiger partial charge in [-0.25, -0.2) is 9.97 Å². The highest BCUT2D eigenvalue weighted by Gasteiger charge is 2.10. The number of H-pyrrole nitrogens is 1. The Labute approximate surface area is 151 Å². The van der Waals surface area contributed by atoms with Gasteiger partial charge in [0.2, 0.25) is 5.95 Å². The summed E-state index contributed by atoms with van der Waals surface area (Å²) in [4.78, 5) is 14.5. The van der Waals surface area contributed by atoms with Crippen molar-refractivity contribution >= 4 is 22.7 Å². The monoisotopic (exact) mass is 347 g/mol. The molecule has 0 saturated heterocycles. The van der Waals surface area contributed by atoms with Crippen LogP contribution < -0.4 is 5.32 Å². The highest BCUT2D eigenvalue weighted by Crippen LogP contribution is 2.26. The van der Waals surface area contributed by atoms with E-state index in [2.05, 4.69) is 57.6 Å². The van der Waals surface area contributed by atoms with Crippen LogP contribution in [-0.4, -0.2) is 43.7 Å². The van der Waals surface area contributed by atoms with Gasteiger partial charge in [0.05, 0.1) is 11.0 Å². The minimum Gasteiger partial charge on any atom is -0.338 e. The van der Waals surface area contributed by atoms with Crippen LogP contribution in [-0.2, 0) is 13.6 Å². The number of benzene rings is 2. The number of aromatic amines is 1. The summed E-state index contributed by atoms with van der Waals surface area (Å²) in [7, 11) is 5.96. The van der Waals surface area contributed by atoms with Crippen LogP contribution in [0, 0.1) is 0 Å². The molecule has 0 amide bonds. The zero-order valence-corrected chi connectivity index (χ0v) is 15.1. The molecule has 0 fully saturated rings. The Hall–Kier alpha value is -3.19. The van der Waals surface area contributed by atoms with E-state index in [1.54, 1.807) is 11.0 Å². The Balaban J connectivity index is 1.75. The summed E-state index contributed by atoms with van der Waals surface area (Å²) in [5.41, 5.74) is 5.14. The van der Waals surface area contributed by atoms with Crippen molar-refractivity contribution in [1.29, 1.82) is 0 Å². The third kappa shape index (κ3) is 3.43. The molecule has 132 valence electrons. The molecule has 0 saturated carbocycles. The zero-order valence-electron chi connectivity index (χ0n) is 15.1. The lowest BCUT2D eigenvalue weighted by Gasteiger charge is -2.13. The van der Waals surface area contributed by atoms with Gasteiger partial charge in [0.15, 0.2) is 0 Å². The lowest BCUT2D eigenvalue weighted by molar-refractivity contribution is 0.402. The third-order valence-corrected chi connectivity index (χ3v) is 4.01. The predicted octanol–water partition coefficient (Wildman–Crippen LogP) is 3.16. The highest BCUT2D eigenvalue weighted by molar-refractivity contribution is 5.80. The summed E-state index contributed by atoms with van der Waals surface area (Å²) < 4.78 is 1.67. The lowest BCUT2D eigenvalue weighted by atomic mass is 10.1. The van der Waals surface area contributed by atoms with Crippen molar-refractivity contribution in [1.82, 2.24) is 29.6 Å². The number of para-hydroxylation sites is 2. The van der Waals surface area contributed by atoms with Gasteiger partial charge in [-0.3, -0.25) is 4.68 Å². The van der Waals surface area contributed by atoms with Crippen LogP contribution in [0.5, 0.6) is 0 Å². The molecule has 0 aliphatic carbocycles. The normalized spacial score (nSPS) is 11.4. The van der Waals surface area contributed by atoms with Crippen LogP contribution in [0.4, 0.5) is 11.6 Å². The van der Waals surface area contributed by atoms with Gasteiger partial charge in [-0.2, -0.15) is 0 Å². The molecule has 0 bridgehead atoms. The van der Waals surface area contributed by atoms with E-state index in [4.69, 9.17) is 4.98 Å². The maximum atomic E-state index is 4.72. The first kappa shape index (κ1) is 16.3. The minimum absolute atomic E-state index is 0.574. The van der Waals surface area contributed by atoms with Crippen molar-refractivity contribution < 1.29 is 0 Å². The first-order valence-corrected chi connectivity index (χ1v) is 8.43. The van der Waals surface area contributed by atoms with Crippen molar-refractivity contribution in [2.45, 2.75) is 6.54 Å². The fourth-order valence-corrected chi connectivity index (χ4v) is 2.97. The molecule has 0 aliphatic heterocycles. The minimum atomic E-state index is 0.574. The summed E-state index contributed by atoms with van der Waals surface area (Å²) >= 11 is 0. The Morgan fingerprint density at radius 1 is 1.15 bits per heavy atom. The number of hydrogen-bond donors (Lipinski definition) is 2. The maximum absolute atomic E-state index is 4.72. The number of rotatable bonds is 5. The Bertz CT molecular complexity index is 1010. The average molecular weight is 347 g/mol. The summed E-state index contributed by atoms with van der Waals surface area (Å²) in [5.74, 6) is 1.42. The number of imidazole rings is 1. The van der Waals surface area contributed by atoms with Crippen molar-refractivity contribution in [3.8, 4) is 11.4 Å². The van der Waals surface area contributed by atoms with Gasteiger partial charge in [0, 0.05) is 24.8 Å². The van der Waals surface area contributed by atoms with Crippen LogP contribution in [0.3, 0.4) is 0 Å². The van der Waals surface area contributed by atoms with Gasteiger partial charge in [-0.05, 0) is 50.0 Å². The molecule has 2 N–H and O–H groups in total. The topological polar surface area (TPSA) is 74.7 Å². The van der Waals surface area contributed by atoms with Crippen molar-refractivity contribution in [2.24, 2.45) is 7.05 Å². The molecule has 4 aromatic rings. The number of aryl methyl sites for hydroxylation is 1. The number of anilines is 2. The van der Waals surface area contributed by atoms with Crippen molar-refractivity contribution in [3.05, 3.63) is 54.4 Å². The van der Waals surface area contributed by atoms with E-state index >= 15 is 0 Å². The second kappa shape index (κ2) is 6.61. The molecule has 0 spiro atoms. The predicted molar refractivity (Wildman–Crippen MR) is 103 cm³/mol. The molecule has 7 nitrogen and oxygen atoms in total. The molecule has 7 heteroatoms. The summed E-state index contributed by atoms with van der Waals surface area (Å²) in [6, 6.07) is 14.4. The Morgan fingerprint density at radius 3 is 2.73 bits per heavy atom. The lowest BCUT2D eigenvalue weighted by Crippen LogP contribution is -2.11. The van der Waals surface area contributed by atoms with E-state index in [1.807, 2.05) is 31.3 Å². The molecular weight excluding hydrogens is 326 g/mol. The van der Waals surface area contributed by atoms with Crippen molar-refractivity contribution in [3.63, 3.8) is 0 Å². The molecule has 2 aromatic carbocycles. The molecule has 0 aliphatic rings.